The SMILES string of the molecule is CCO[C@@H]1O[C@H](CO)[C@@H](O[C@@H]2O[C@H](CO)[C@H](O)[C@H](O)[C@H]2O)[C@H](O)[C@H]1[18F]. The molecule has 2 heterocycles. The van der Waals surface area contributed by atoms with Crippen molar-refractivity contribution in [3.05, 3.63) is 0 Å². The van der Waals surface area contributed by atoms with Gasteiger partial charge in [-0.15, -0.1) is 0 Å². The average Bonchev–Trinajstić information content (AvgIpc) is 2.61. The number of halogens is 1. The second kappa shape index (κ2) is 8.95. The molecule has 2 saturated heterocycles. The predicted octanol–water partition coefficient (Wildman–Crippen LogP) is -3.38. The number of hydrogen-bond donors (Lipinski definition) is 6. The summed E-state index contributed by atoms with van der Waals surface area (Å²) in [5.74, 6) is 0. The van der Waals surface area contributed by atoms with Crippen LogP contribution in [0.1, 0.15) is 6.92 Å². The van der Waals surface area contributed by atoms with E-state index in [4.69, 9.17) is 24.1 Å². The van der Waals surface area contributed by atoms with E-state index in [1.807, 2.05) is 0 Å². The van der Waals surface area contributed by atoms with E-state index in [0.717, 1.165) is 0 Å². The van der Waals surface area contributed by atoms with E-state index < -0.39 is 74.7 Å². The average molecular weight is 371 g/mol. The third kappa shape index (κ3) is 4.27. The van der Waals surface area contributed by atoms with E-state index in [-0.39, 0.29) is 6.61 Å². The Labute approximate surface area is 143 Å². The van der Waals surface area contributed by atoms with Crippen molar-refractivity contribution in [1.29, 1.82) is 0 Å². The van der Waals surface area contributed by atoms with Gasteiger partial charge in [-0.05, 0) is 6.92 Å². The summed E-state index contributed by atoms with van der Waals surface area (Å²) in [6, 6.07) is 0. The molecule has 10 nitrogen and oxygen atoms in total. The molecule has 0 amide bonds. The molecule has 2 aliphatic rings. The largest absolute Gasteiger partial charge is 0.394 e. The van der Waals surface area contributed by atoms with Crippen LogP contribution < -0.4 is 0 Å². The Bertz CT molecular complexity index is 411. The van der Waals surface area contributed by atoms with Crippen LogP contribution in [0.5, 0.6) is 0 Å². The van der Waals surface area contributed by atoms with Crippen molar-refractivity contribution in [2.45, 2.75) is 68.4 Å². The lowest BCUT2D eigenvalue weighted by Gasteiger charge is -2.45. The Morgan fingerprint density at radius 1 is 0.840 bits per heavy atom. The molecule has 11 heteroatoms. The zero-order chi connectivity index (χ0) is 18.7. The Kier molecular flexibility index (Phi) is 7.46. The Hall–Kier alpha value is -0.470. The first kappa shape index (κ1) is 20.8. The van der Waals surface area contributed by atoms with Crippen molar-refractivity contribution in [1.82, 2.24) is 0 Å². The molecule has 25 heavy (non-hydrogen) atoms. The lowest BCUT2D eigenvalue weighted by atomic mass is 9.97. The van der Waals surface area contributed by atoms with Crippen LogP contribution in [0, 0.1) is 0 Å². The summed E-state index contributed by atoms with van der Waals surface area (Å²) in [7, 11) is 0. The topological polar surface area (TPSA) is 158 Å². The molecule has 2 rings (SSSR count). The van der Waals surface area contributed by atoms with Crippen LogP contribution in [-0.2, 0) is 18.9 Å². The summed E-state index contributed by atoms with van der Waals surface area (Å²) < 4.78 is 34.9. The van der Waals surface area contributed by atoms with Crippen LogP contribution in [0.25, 0.3) is 0 Å². The molecule has 0 radical (unpaired) electrons. The normalized spacial score (nSPS) is 48.5. The van der Waals surface area contributed by atoms with Crippen LogP contribution in [-0.4, -0.2) is 112 Å². The molecule has 0 bridgehead atoms. The van der Waals surface area contributed by atoms with Crippen LogP contribution in [0.3, 0.4) is 0 Å². The molecule has 0 aromatic heterocycles. The number of hydrogen-bond acceptors (Lipinski definition) is 10. The minimum absolute atomic E-state index is 0.119. The van der Waals surface area contributed by atoms with Gasteiger partial charge in [-0.3, -0.25) is 0 Å². The van der Waals surface area contributed by atoms with Gasteiger partial charge in [-0.25, -0.2) is 4.39 Å². The predicted molar refractivity (Wildman–Crippen MR) is 76.9 cm³/mol. The van der Waals surface area contributed by atoms with Crippen molar-refractivity contribution in [3.8, 4) is 0 Å². The number of aliphatic hydroxyl groups is 6. The van der Waals surface area contributed by atoms with Crippen molar-refractivity contribution >= 4 is 0 Å². The third-order valence-electron chi connectivity index (χ3n) is 4.25. The quantitative estimate of drug-likeness (QED) is 0.278. The van der Waals surface area contributed by atoms with Crippen molar-refractivity contribution in [2.24, 2.45) is 0 Å². The Morgan fingerprint density at radius 2 is 1.44 bits per heavy atom. The van der Waals surface area contributed by atoms with Gasteiger partial charge in [-0.1, -0.05) is 0 Å². The molecule has 0 saturated carbocycles. The first-order valence-electron chi connectivity index (χ1n) is 8.01. The maximum Gasteiger partial charge on any atom is 0.191 e. The van der Waals surface area contributed by atoms with Gasteiger partial charge in [0.15, 0.2) is 18.8 Å². The molecular formula is C14H25FO10. The molecule has 0 aromatic rings. The highest BCUT2D eigenvalue weighted by atomic mass is 18.2. The minimum atomic E-state index is -1.99. The minimum Gasteiger partial charge on any atom is -0.394 e. The lowest BCUT2D eigenvalue weighted by molar-refractivity contribution is -0.353. The van der Waals surface area contributed by atoms with Gasteiger partial charge in [0, 0.05) is 6.61 Å². The molecule has 0 aliphatic carbocycles. The highest BCUT2D eigenvalue weighted by Crippen LogP contribution is 2.30. The molecular weight excluding hydrogens is 346 g/mol. The summed E-state index contributed by atoms with van der Waals surface area (Å²) in [5, 5.41) is 58.1. The fourth-order valence-electron chi connectivity index (χ4n) is 2.83. The molecule has 0 aromatic carbocycles. The number of rotatable bonds is 6. The molecule has 0 spiro atoms. The van der Waals surface area contributed by atoms with Gasteiger partial charge < -0.3 is 49.6 Å². The van der Waals surface area contributed by atoms with E-state index in [1.54, 1.807) is 6.92 Å². The van der Waals surface area contributed by atoms with Crippen LogP contribution in [0.4, 0.5) is 4.39 Å². The molecule has 0 unspecified atom stereocenters. The number of alkyl halides is 1. The summed E-state index contributed by atoms with van der Waals surface area (Å²) in [6.07, 6.45) is -15.6. The number of ether oxygens (including phenoxy) is 4. The summed E-state index contributed by atoms with van der Waals surface area (Å²) in [6.45, 7) is 0.409. The molecule has 2 fully saturated rings. The lowest BCUT2D eigenvalue weighted by Crippen LogP contribution is -2.64. The van der Waals surface area contributed by atoms with E-state index in [2.05, 4.69) is 0 Å². The standard InChI is InChI=1S/C14H25FO10/c1-2-22-13-7(15)9(19)12(6(4-17)24-13)25-14-11(21)10(20)8(18)5(3-16)23-14/h5-14,16-21H,2-4H2,1H3/t5-,6-,7-,8+,9-,10+,11-,12-,13-,14+/m1/s1/i15-1. The van der Waals surface area contributed by atoms with Crippen molar-refractivity contribution in [3.63, 3.8) is 0 Å². The molecule has 6 N–H and O–H groups in total. The van der Waals surface area contributed by atoms with Gasteiger partial charge in [0.2, 0.25) is 0 Å². The molecule has 10 atom stereocenters. The van der Waals surface area contributed by atoms with E-state index >= 15 is 0 Å². The fraction of sp³-hybridized carbons (Fsp3) is 1.00. The van der Waals surface area contributed by atoms with Gasteiger partial charge in [-0.2, -0.15) is 0 Å². The molecule has 148 valence electrons. The van der Waals surface area contributed by atoms with Crippen molar-refractivity contribution < 1.29 is 54.0 Å². The first-order valence-corrected chi connectivity index (χ1v) is 8.01. The summed E-state index contributed by atoms with van der Waals surface area (Å²) >= 11 is 0. The van der Waals surface area contributed by atoms with E-state index in [0.29, 0.717) is 0 Å². The Morgan fingerprint density at radius 3 is 2.00 bits per heavy atom. The summed E-state index contributed by atoms with van der Waals surface area (Å²) in [4.78, 5) is 0. The van der Waals surface area contributed by atoms with Crippen LogP contribution in [0.15, 0.2) is 0 Å². The zero-order valence-corrected chi connectivity index (χ0v) is 13.6. The monoisotopic (exact) mass is 371 g/mol. The van der Waals surface area contributed by atoms with Crippen LogP contribution >= 0.6 is 0 Å². The highest BCUT2D eigenvalue weighted by Gasteiger charge is 2.51. The third-order valence-corrected chi connectivity index (χ3v) is 4.25. The van der Waals surface area contributed by atoms with Crippen LogP contribution in [0.2, 0.25) is 0 Å². The maximum absolute atomic E-state index is 14.2. The maximum atomic E-state index is 14.2. The summed E-state index contributed by atoms with van der Waals surface area (Å²) in [5.41, 5.74) is 0. The Balaban J connectivity index is 2.11. The molecule has 2 aliphatic heterocycles. The van der Waals surface area contributed by atoms with Gasteiger partial charge >= 0.3 is 0 Å². The second-order valence-corrected chi connectivity index (χ2v) is 5.91. The van der Waals surface area contributed by atoms with Crippen molar-refractivity contribution in [2.75, 3.05) is 19.8 Å². The van der Waals surface area contributed by atoms with Gasteiger partial charge in [0.05, 0.1) is 13.2 Å². The highest BCUT2D eigenvalue weighted by molar-refractivity contribution is 4.94. The van der Waals surface area contributed by atoms with E-state index in [9.17, 15) is 29.9 Å². The number of aliphatic hydroxyl groups excluding tert-OH is 6. The van der Waals surface area contributed by atoms with Gasteiger partial charge in [0.25, 0.3) is 0 Å². The zero-order valence-electron chi connectivity index (χ0n) is 13.6. The smallest absolute Gasteiger partial charge is 0.191 e. The second-order valence-electron chi connectivity index (χ2n) is 5.91. The van der Waals surface area contributed by atoms with E-state index in [1.165, 1.54) is 0 Å². The first-order chi connectivity index (χ1) is 11.8. The fourth-order valence-corrected chi connectivity index (χ4v) is 2.83. The van der Waals surface area contributed by atoms with Gasteiger partial charge in [0.1, 0.15) is 42.7 Å².